The predicted molar refractivity (Wildman–Crippen MR) is 113 cm³/mol. The van der Waals surface area contributed by atoms with E-state index in [-0.39, 0.29) is 17.2 Å². The second-order valence-electron chi connectivity index (χ2n) is 8.63. The molecule has 0 unspecified atom stereocenters. The normalized spacial score (nSPS) is 15.3. The van der Waals surface area contributed by atoms with E-state index in [2.05, 4.69) is 20.8 Å². The van der Waals surface area contributed by atoms with Crippen molar-refractivity contribution in [1.82, 2.24) is 9.80 Å². The Kier molecular flexibility index (Phi) is 5.87. The third-order valence-corrected chi connectivity index (χ3v) is 5.37. The van der Waals surface area contributed by atoms with Gasteiger partial charge in [-0.3, -0.25) is 9.59 Å². The summed E-state index contributed by atoms with van der Waals surface area (Å²) in [4.78, 5) is 29.4. The molecule has 1 aliphatic rings. The number of rotatable bonds is 2. The second-order valence-corrected chi connectivity index (χ2v) is 8.63. The molecule has 2 amide bonds. The molecule has 4 heteroatoms. The Labute approximate surface area is 168 Å². The third-order valence-electron chi connectivity index (χ3n) is 5.37. The van der Waals surface area contributed by atoms with E-state index < -0.39 is 0 Å². The van der Waals surface area contributed by atoms with Gasteiger partial charge in [-0.2, -0.15) is 0 Å². The van der Waals surface area contributed by atoms with E-state index in [1.54, 1.807) is 0 Å². The fourth-order valence-corrected chi connectivity index (χ4v) is 3.50. The fourth-order valence-electron chi connectivity index (χ4n) is 3.50. The quantitative estimate of drug-likeness (QED) is 0.782. The van der Waals surface area contributed by atoms with Gasteiger partial charge in [-0.25, -0.2) is 0 Å². The second kappa shape index (κ2) is 8.17. The first-order chi connectivity index (χ1) is 13.3. The predicted octanol–water partition coefficient (Wildman–Crippen LogP) is 4.28. The summed E-state index contributed by atoms with van der Waals surface area (Å²) in [5.74, 6) is 0.0916. The van der Waals surface area contributed by atoms with Gasteiger partial charge >= 0.3 is 0 Å². The first kappa shape index (κ1) is 20.1. The zero-order valence-electron chi connectivity index (χ0n) is 17.4. The lowest BCUT2D eigenvalue weighted by Gasteiger charge is -2.23. The van der Waals surface area contributed by atoms with Gasteiger partial charge in [0.15, 0.2) is 0 Å². The lowest BCUT2D eigenvalue weighted by atomic mass is 9.86. The Balaban J connectivity index is 1.65. The molecule has 0 N–H and O–H groups in total. The van der Waals surface area contributed by atoms with Crippen LogP contribution in [0.1, 0.15) is 59.0 Å². The standard InChI is InChI=1S/C24H30N2O2/c1-18-6-8-19(9-7-18)22(27)25-14-5-15-26(17-16-25)23(28)20-10-12-21(13-11-20)24(2,3)4/h6-13H,5,14-17H2,1-4H3. The molecule has 1 aliphatic heterocycles. The van der Waals surface area contributed by atoms with Crippen molar-refractivity contribution >= 4 is 11.8 Å². The highest BCUT2D eigenvalue weighted by molar-refractivity contribution is 5.95. The average molecular weight is 379 g/mol. The van der Waals surface area contributed by atoms with Crippen molar-refractivity contribution in [1.29, 1.82) is 0 Å². The maximum absolute atomic E-state index is 12.9. The summed E-state index contributed by atoms with van der Waals surface area (Å²) in [6.45, 7) is 11.0. The Hall–Kier alpha value is -2.62. The van der Waals surface area contributed by atoms with Crippen molar-refractivity contribution in [3.63, 3.8) is 0 Å². The monoisotopic (exact) mass is 378 g/mol. The van der Waals surface area contributed by atoms with Gasteiger partial charge in [-0.05, 0) is 48.6 Å². The molecule has 2 aromatic carbocycles. The first-order valence-corrected chi connectivity index (χ1v) is 10.0. The lowest BCUT2D eigenvalue weighted by Crippen LogP contribution is -2.37. The van der Waals surface area contributed by atoms with Gasteiger partial charge in [-0.15, -0.1) is 0 Å². The zero-order valence-corrected chi connectivity index (χ0v) is 17.4. The molecule has 0 atom stereocenters. The van der Waals surface area contributed by atoms with Crippen molar-refractivity contribution < 1.29 is 9.59 Å². The summed E-state index contributed by atoms with van der Waals surface area (Å²) in [6.07, 6.45) is 0.795. The summed E-state index contributed by atoms with van der Waals surface area (Å²) in [5, 5.41) is 0. The van der Waals surface area contributed by atoms with E-state index in [0.717, 1.165) is 12.0 Å². The van der Waals surface area contributed by atoms with Crippen molar-refractivity contribution in [2.24, 2.45) is 0 Å². The number of carbonyl (C=O) groups excluding carboxylic acids is 2. The van der Waals surface area contributed by atoms with Crippen LogP contribution in [-0.2, 0) is 5.41 Å². The van der Waals surface area contributed by atoms with Crippen LogP contribution in [-0.4, -0.2) is 47.8 Å². The van der Waals surface area contributed by atoms with Gasteiger partial charge in [0, 0.05) is 37.3 Å². The summed E-state index contributed by atoms with van der Waals surface area (Å²) < 4.78 is 0. The number of amides is 2. The van der Waals surface area contributed by atoms with Crippen LogP contribution >= 0.6 is 0 Å². The molecule has 148 valence electrons. The van der Waals surface area contributed by atoms with E-state index in [1.807, 2.05) is 65.3 Å². The van der Waals surface area contributed by atoms with Gasteiger partial charge in [0.1, 0.15) is 0 Å². The summed E-state index contributed by atoms with van der Waals surface area (Å²) >= 11 is 0. The minimum Gasteiger partial charge on any atom is -0.337 e. The third kappa shape index (κ3) is 4.61. The maximum atomic E-state index is 12.9. The van der Waals surface area contributed by atoms with E-state index in [9.17, 15) is 9.59 Å². The summed E-state index contributed by atoms with van der Waals surface area (Å²) in [5.41, 5.74) is 3.85. The molecule has 0 aliphatic carbocycles. The zero-order chi connectivity index (χ0) is 20.3. The topological polar surface area (TPSA) is 40.6 Å². The largest absolute Gasteiger partial charge is 0.337 e. The molecule has 0 spiro atoms. The molecule has 28 heavy (non-hydrogen) atoms. The maximum Gasteiger partial charge on any atom is 0.253 e. The van der Waals surface area contributed by atoms with Crippen LogP contribution in [0.25, 0.3) is 0 Å². The number of benzene rings is 2. The van der Waals surface area contributed by atoms with Gasteiger partial charge in [0.05, 0.1) is 0 Å². The highest BCUT2D eigenvalue weighted by atomic mass is 16.2. The lowest BCUT2D eigenvalue weighted by molar-refractivity contribution is 0.0718. The van der Waals surface area contributed by atoms with Gasteiger partial charge < -0.3 is 9.80 Å². The number of hydrogen-bond acceptors (Lipinski definition) is 2. The van der Waals surface area contributed by atoms with Crippen molar-refractivity contribution in [2.45, 2.75) is 39.5 Å². The van der Waals surface area contributed by atoms with E-state index in [4.69, 9.17) is 0 Å². The molecular formula is C24H30N2O2. The number of aryl methyl sites for hydroxylation is 1. The molecule has 1 heterocycles. The Morgan fingerprint density at radius 3 is 1.57 bits per heavy atom. The highest BCUT2D eigenvalue weighted by Gasteiger charge is 2.24. The molecule has 2 aromatic rings. The van der Waals surface area contributed by atoms with Crippen LogP contribution in [0.4, 0.5) is 0 Å². The van der Waals surface area contributed by atoms with Crippen LogP contribution < -0.4 is 0 Å². The van der Waals surface area contributed by atoms with Crippen LogP contribution in [0.3, 0.4) is 0 Å². The van der Waals surface area contributed by atoms with Gasteiger partial charge in [-0.1, -0.05) is 50.6 Å². The van der Waals surface area contributed by atoms with Crippen LogP contribution in [0.5, 0.6) is 0 Å². The van der Waals surface area contributed by atoms with E-state index in [0.29, 0.717) is 37.3 Å². The molecule has 4 nitrogen and oxygen atoms in total. The summed E-state index contributed by atoms with van der Waals surface area (Å²) in [6, 6.07) is 15.6. The van der Waals surface area contributed by atoms with Crippen molar-refractivity contribution in [2.75, 3.05) is 26.2 Å². The Morgan fingerprint density at radius 1 is 0.714 bits per heavy atom. The minimum atomic E-state index is 0.0452. The molecule has 0 bridgehead atoms. The van der Waals surface area contributed by atoms with Gasteiger partial charge in [0.2, 0.25) is 0 Å². The van der Waals surface area contributed by atoms with Crippen molar-refractivity contribution in [3.8, 4) is 0 Å². The molecule has 1 saturated heterocycles. The Bertz CT molecular complexity index is 832. The van der Waals surface area contributed by atoms with E-state index in [1.165, 1.54) is 5.56 Å². The first-order valence-electron chi connectivity index (χ1n) is 10.0. The average Bonchev–Trinajstić information content (AvgIpc) is 2.93. The number of hydrogen-bond donors (Lipinski definition) is 0. The van der Waals surface area contributed by atoms with Crippen LogP contribution in [0.2, 0.25) is 0 Å². The Morgan fingerprint density at radius 2 is 1.14 bits per heavy atom. The molecule has 1 fully saturated rings. The minimum absolute atomic E-state index is 0.0452. The molecule has 0 radical (unpaired) electrons. The smallest absolute Gasteiger partial charge is 0.253 e. The highest BCUT2D eigenvalue weighted by Crippen LogP contribution is 2.22. The van der Waals surface area contributed by atoms with Crippen LogP contribution in [0.15, 0.2) is 48.5 Å². The van der Waals surface area contributed by atoms with E-state index >= 15 is 0 Å². The molecular weight excluding hydrogens is 348 g/mol. The number of nitrogens with zero attached hydrogens (tertiary/aromatic N) is 2. The SMILES string of the molecule is Cc1ccc(C(=O)N2CCCN(C(=O)c3ccc(C(C)(C)C)cc3)CC2)cc1. The summed E-state index contributed by atoms with van der Waals surface area (Å²) in [7, 11) is 0. The van der Waals surface area contributed by atoms with Crippen LogP contribution in [0, 0.1) is 6.92 Å². The fraction of sp³-hybridized carbons (Fsp3) is 0.417. The van der Waals surface area contributed by atoms with Crippen molar-refractivity contribution in [3.05, 3.63) is 70.8 Å². The number of carbonyl (C=O) groups is 2. The molecule has 3 rings (SSSR count). The molecule has 0 aromatic heterocycles. The molecule has 0 saturated carbocycles. The van der Waals surface area contributed by atoms with Gasteiger partial charge in [0.25, 0.3) is 11.8 Å².